The number of rotatable bonds is 5. The molecule has 1 fully saturated rings. The van der Waals surface area contributed by atoms with Crippen molar-refractivity contribution in [3.05, 3.63) is 11.7 Å². The zero-order valence-corrected chi connectivity index (χ0v) is 13.6. The lowest BCUT2D eigenvalue weighted by Gasteiger charge is -2.37. The van der Waals surface area contributed by atoms with Crippen LogP contribution in [-0.4, -0.2) is 59.5 Å². The Labute approximate surface area is 130 Å². The van der Waals surface area contributed by atoms with E-state index in [9.17, 15) is 4.79 Å². The molecule has 0 aromatic carbocycles. The maximum absolute atomic E-state index is 11.6. The largest absolute Gasteiger partial charge is 0.375 e. The van der Waals surface area contributed by atoms with Crippen molar-refractivity contribution in [2.24, 2.45) is 0 Å². The first-order chi connectivity index (χ1) is 10.5. The molecule has 0 radical (unpaired) electrons. The third-order valence-corrected chi connectivity index (χ3v) is 3.50. The van der Waals surface area contributed by atoms with E-state index in [4.69, 9.17) is 9.26 Å². The first-order valence-corrected chi connectivity index (χ1v) is 7.67. The highest BCUT2D eigenvalue weighted by molar-refractivity contribution is 5.74. The molecule has 1 aromatic rings. The summed E-state index contributed by atoms with van der Waals surface area (Å²) in [5.74, 6) is 1.18. The summed E-state index contributed by atoms with van der Waals surface area (Å²) >= 11 is 0. The minimum Gasteiger partial charge on any atom is -0.375 e. The average molecular weight is 311 g/mol. The average Bonchev–Trinajstić information content (AvgIpc) is 2.84. The van der Waals surface area contributed by atoms with Gasteiger partial charge in [0.15, 0.2) is 5.82 Å². The molecule has 1 aliphatic rings. The molecule has 0 spiro atoms. The minimum absolute atomic E-state index is 0.0295. The Hall–Kier alpha value is -1.67. The Kier molecular flexibility index (Phi) is 5.73. The van der Waals surface area contributed by atoms with Crippen LogP contribution < -0.4 is 10.6 Å². The van der Waals surface area contributed by atoms with Crippen LogP contribution in [0.3, 0.4) is 0 Å². The Balaban J connectivity index is 1.91. The second-order valence-corrected chi connectivity index (χ2v) is 5.79. The van der Waals surface area contributed by atoms with E-state index in [0.29, 0.717) is 31.4 Å². The number of hydrogen-bond donors (Lipinski definition) is 2. The maximum atomic E-state index is 11.6. The zero-order valence-electron chi connectivity index (χ0n) is 13.6. The highest BCUT2D eigenvalue weighted by atomic mass is 16.5. The van der Waals surface area contributed by atoms with Gasteiger partial charge in [0.2, 0.25) is 5.89 Å². The zero-order chi connectivity index (χ0) is 16.1. The van der Waals surface area contributed by atoms with Gasteiger partial charge in [0.1, 0.15) is 6.04 Å². The number of morpholine rings is 1. The lowest BCUT2D eigenvalue weighted by molar-refractivity contribution is -0.0719. The number of carbonyl (C=O) groups is 1. The molecule has 124 valence electrons. The molecule has 1 aromatic heterocycles. The van der Waals surface area contributed by atoms with Crippen molar-refractivity contribution in [3.63, 3.8) is 0 Å². The number of aromatic nitrogens is 2. The molecule has 0 bridgehead atoms. The summed E-state index contributed by atoms with van der Waals surface area (Å²) in [5, 5.41) is 9.51. The number of ether oxygens (including phenoxy) is 1. The van der Waals surface area contributed by atoms with E-state index in [0.717, 1.165) is 6.54 Å². The van der Waals surface area contributed by atoms with Gasteiger partial charge in [-0.2, -0.15) is 4.98 Å². The van der Waals surface area contributed by atoms with E-state index in [1.165, 1.54) is 0 Å². The summed E-state index contributed by atoms with van der Waals surface area (Å²) in [6, 6.07) is -0.107. The molecule has 2 rings (SSSR count). The first-order valence-electron chi connectivity index (χ1n) is 7.67. The first kappa shape index (κ1) is 16.7. The van der Waals surface area contributed by atoms with Gasteiger partial charge >= 0.3 is 6.03 Å². The van der Waals surface area contributed by atoms with Gasteiger partial charge in [0.25, 0.3) is 0 Å². The fourth-order valence-electron chi connectivity index (χ4n) is 2.55. The number of nitrogens with zero attached hydrogens (tertiary/aromatic N) is 3. The van der Waals surface area contributed by atoms with Gasteiger partial charge in [-0.25, -0.2) is 4.79 Å². The molecular weight excluding hydrogens is 286 g/mol. The SMILES string of the molecule is Cc1noc([C@@H]2[C@@H](C)OCCN2CCNC(=O)NC(C)C)n1. The van der Waals surface area contributed by atoms with Crippen molar-refractivity contribution >= 4 is 6.03 Å². The lowest BCUT2D eigenvalue weighted by Crippen LogP contribution is -2.48. The van der Waals surface area contributed by atoms with E-state index in [1.54, 1.807) is 6.92 Å². The number of nitrogens with one attached hydrogen (secondary N) is 2. The van der Waals surface area contributed by atoms with Crippen LogP contribution in [0.1, 0.15) is 38.5 Å². The third-order valence-electron chi connectivity index (χ3n) is 3.50. The third kappa shape index (κ3) is 4.41. The smallest absolute Gasteiger partial charge is 0.315 e. The van der Waals surface area contributed by atoms with Crippen LogP contribution in [0.5, 0.6) is 0 Å². The topological polar surface area (TPSA) is 92.5 Å². The lowest BCUT2D eigenvalue weighted by atomic mass is 10.1. The van der Waals surface area contributed by atoms with Crippen molar-refractivity contribution in [3.8, 4) is 0 Å². The van der Waals surface area contributed by atoms with E-state index < -0.39 is 0 Å². The van der Waals surface area contributed by atoms with Gasteiger partial charge in [-0.05, 0) is 27.7 Å². The molecule has 1 aliphatic heterocycles. The fourth-order valence-corrected chi connectivity index (χ4v) is 2.55. The maximum Gasteiger partial charge on any atom is 0.315 e. The summed E-state index contributed by atoms with van der Waals surface area (Å²) in [6.07, 6.45) is -0.0295. The number of hydrogen-bond acceptors (Lipinski definition) is 6. The summed E-state index contributed by atoms with van der Waals surface area (Å²) in [7, 11) is 0. The minimum atomic E-state index is -0.151. The van der Waals surface area contributed by atoms with Crippen molar-refractivity contribution < 1.29 is 14.1 Å². The Morgan fingerprint density at radius 3 is 2.91 bits per heavy atom. The van der Waals surface area contributed by atoms with E-state index in [-0.39, 0.29) is 24.2 Å². The normalized spacial score (nSPS) is 22.8. The number of carbonyl (C=O) groups excluding carboxylic acids is 1. The number of amides is 2. The molecule has 22 heavy (non-hydrogen) atoms. The molecule has 0 aliphatic carbocycles. The highest BCUT2D eigenvalue weighted by Gasteiger charge is 2.34. The molecule has 0 saturated carbocycles. The quantitative estimate of drug-likeness (QED) is 0.837. The van der Waals surface area contributed by atoms with Crippen molar-refractivity contribution in [1.29, 1.82) is 0 Å². The van der Waals surface area contributed by atoms with E-state index in [2.05, 4.69) is 25.7 Å². The molecule has 2 amide bonds. The Morgan fingerprint density at radius 2 is 2.27 bits per heavy atom. The van der Waals surface area contributed by atoms with Gasteiger partial charge in [-0.3, -0.25) is 4.90 Å². The van der Waals surface area contributed by atoms with Crippen molar-refractivity contribution in [2.45, 2.75) is 45.9 Å². The van der Waals surface area contributed by atoms with Gasteiger partial charge < -0.3 is 19.9 Å². The number of aryl methyl sites for hydroxylation is 1. The molecule has 2 heterocycles. The van der Waals surface area contributed by atoms with E-state index >= 15 is 0 Å². The van der Waals surface area contributed by atoms with Crippen LogP contribution >= 0.6 is 0 Å². The van der Waals surface area contributed by atoms with Gasteiger partial charge in [0.05, 0.1) is 12.7 Å². The van der Waals surface area contributed by atoms with Crippen LogP contribution in [0.25, 0.3) is 0 Å². The summed E-state index contributed by atoms with van der Waals surface area (Å²) < 4.78 is 11.0. The second-order valence-electron chi connectivity index (χ2n) is 5.79. The van der Waals surface area contributed by atoms with Crippen molar-refractivity contribution in [1.82, 2.24) is 25.7 Å². The van der Waals surface area contributed by atoms with Crippen LogP contribution in [-0.2, 0) is 4.74 Å². The second kappa shape index (κ2) is 7.55. The Bertz CT molecular complexity index is 491. The monoisotopic (exact) mass is 311 g/mol. The van der Waals surface area contributed by atoms with Crippen LogP contribution in [0.4, 0.5) is 4.79 Å². The predicted octanol–water partition coefficient (Wildman–Crippen LogP) is 0.847. The summed E-state index contributed by atoms with van der Waals surface area (Å²) in [6.45, 7) is 10.3. The van der Waals surface area contributed by atoms with E-state index in [1.807, 2.05) is 20.8 Å². The van der Waals surface area contributed by atoms with Crippen molar-refractivity contribution in [2.75, 3.05) is 26.2 Å². The van der Waals surface area contributed by atoms with Crippen LogP contribution in [0.15, 0.2) is 4.52 Å². The molecule has 2 atom stereocenters. The summed E-state index contributed by atoms with van der Waals surface area (Å²) in [5.41, 5.74) is 0. The molecule has 0 unspecified atom stereocenters. The molecular formula is C14H25N5O3. The van der Waals surface area contributed by atoms with Gasteiger partial charge in [-0.1, -0.05) is 5.16 Å². The standard InChI is InChI=1S/C14H25N5O3/c1-9(2)16-14(20)15-5-6-19-7-8-21-10(3)12(19)13-17-11(4)18-22-13/h9-10,12H,5-8H2,1-4H3,(H2,15,16,20)/t10-,12+/m1/s1. The Morgan fingerprint density at radius 1 is 1.50 bits per heavy atom. The molecule has 8 heteroatoms. The van der Waals surface area contributed by atoms with Gasteiger partial charge in [-0.15, -0.1) is 0 Å². The summed E-state index contributed by atoms with van der Waals surface area (Å²) in [4.78, 5) is 18.1. The highest BCUT2D eigenvalue weighted by Crippen LogP contribution is 2.27. The van der Waals surface area contributed by atoms with Crippen LogP contribution in [0, 0.1) is 6.92 Å². The molecule has 2 N–H and O–H groups in total. The number of urea groups is 1. The molecule has 1 saturated heterocycles. The predicted molar refractivity (Wildman–Crippen MR) is 80.4 cm³/mol. The molecule has 8 nitrogen and oxygen atoms in total. The van der Waals surface area contributed by atoms with Crippen LogP contribution in [0.2, 0.25) is 0 Å². The van der Waals surface area contributed by atoms with Gasteiger partial charge in [0, 0.05) is 25.7 Å². The fraction of sp³-hybridized carbons (Fsp3) is 0.786.